The lowest BCUT2D eigenvalue weighted by Gasteiger charge is -2.07. The minimum absolute atomic E-state index is 0.0657. The molecule has 1 unspecified atom stereocenters. The van der Waals surface area contributed by atoms with Crippen molar-refractivity contribution >= 4 is 5.69 Å². The average molecular weight is 246 g/mol. The number of hydrogen-bond donors (Lipinski definition) is 1. The quantitative estimate of drug-likeness (QED) is 0.663. The second kappa shape index (κ2) is 4.58. The Balaban J connectivity index is 2.40. The summed E-state index contributed by atoms with van der Waals surface area (Å²) in [7, 11) is 0. The van der Waals surface area contributed by atoms with Crippen LogP contribution in [0.1, 0.15) is 24.2 Å². The molecular formula is C12H14N4O2. The molecule has 0 radical (unpaired) electrons. The number of hydrogen-bond acceptors (Lipinski definition) is 4. The van der Waals surface area contributed by atoms with Crippen molar-refractivity contribution in [2.24, 2.45) is 5.73 Å². The van der Waals surface area contributed by atoms with Crippen LogP contribution in [0.4, 0.5) is 5.69 Å². The van der Waals surface area contributed by atoms with E-state index in [0.29, 0.717) is 0 Å². The summed E-state index contributed by atoms with van der Waals surface area (Å²) in [5.41, 5.74) is 8.58. The van der Waals surface area contributed by atoms with Crippen molar-refractivity contribution in [1.29, 1.82) is 0 Å². The maximum Gasteiger partial charge on any atom is 0.269 e. The topological polar surface area (TPSA) is 87.0 Å². The van der Waals surface area contributed by atoms with E-state index in [1.165, 1.54) is 12.1 Å². The smallest absolute Gasteiger partial charge is 0.269 e. The van der Waals surface area contributed by atoms with Crippen LogP contribution in [0.15, 0.2) is 30.5 Å². The maximum absolute atomic E-state index is 10.6. The maximum atomic E-state index is 10.6. The zero-order chi connectivity index (χ0) is 13.3. The second-order valence-electron chi connectivity index (χ2n) is 4.16. The summed E-state index contributed by atoms with van der Waals surface area (Å²) in [6, 6.07) is 6.17. The van der Waals surface area contributed by atoms with E-state index in [4.69, 9.17) is 5.73 Å². The first-order valence-corrected chi connectivity index (χ1v) is 5.55. The van der Waals surface area contributed by atoms with Crippen LogP contribution in [-0.4, -0.2) is 14.7 Å². The molecule has 0 bridgehead atoms. The first-order chi connectivity index (χ1) is 8.50. The van der Waals surface area contributed by atoms with Gasteiger partial charge in [-0.05, 0) is 26.0 Å². The molecule has 1 atom stereocenters. The van der Waals surface area contributed by atoms with E-state index >= 15 is 0 Å². The van der Waals surface area contributed by atoms with Gasteiger partial charge in [-0.25, -0.2) is 4.68 Å². The summed E-state index contributed by atoms with van der Waals surface area (Å²) in [6.45, 7) is 3.82. The van der Waals surface area contributed by atoms with Gasteiger partial charge in [0.1, 0.15) is 0 Å². The first kappa shape index (κ1) is 12.3. The van der Waals surface area contributed by atoms with Gasteiger partial charge in [0.2, 0.25) is 0 Å². The largest absolute Gasteiger partial charge is 0.324 e. The van der Waals surface area contributed by atoms with Crippen LogP contribution in [0.25, 0.3) is 5.69 Å². The molecule has 18 heavy (non-hydrogen) atoms. The molecule has 0 saturated heterocycles. The number of nitro benzene ring substituents is 1. The fourth-order valence-electron chi connectivity index (χ4n) is 1.85. The van der Waals surface area contributed by atoms with E-state index in [1.807, 2.05) is 13.8 Å². The van der Waals surface area contributed by atoms with E-state index in [0.717, 1.165) is 16.9 Å². The Labute approximate surface area is 104 Å². The van der Waals surface area contributed by atoms with Crippen molar-refractivity contribution in [2.75, 3.05) is 0 Å². The number of nitrogens with zero attached hydrogens (tertiary/aromatic N) is 3. The van der Waals surface area contributed by atoms with E-state index in [-0.39, 0.29) is 11.7 Å². The lowest BCUT2D eigenvalue weighted by Crippen LogP contribution is -2.07. The van der Waals surface area contributed by atoms with E-state index < -0.39 is 4.92 Å². The van der Waals surface area contributed by atoms with Crippen molar-refractivity contribution in [1.82, 2.24) is 9.78 Å². The predicted molar refractivity (Wildman–Crippen MR) is 67.6 cm³/mol. The first-order valence-electron chi connectivity index (χ1n) is 5.55. The van der Waals surface area contributed by atoms with Gasteiger partial charge in [-0.3, -0.25) is 10.1 Å². The number of nitrogens with two attached hydrogens (primary N) is 1. The van der Waals surface area contributed by atoms with Gasteiger partial charge in [-0.15, -0.1) is 0 Å². The van der Waals surface area contributed by atoms with E-state index in [1.54, 1.807) is 23.0 Å². The molecule has 0 amide bonds. The predicted octanol–water partition coefficient (Wildman–Crippen LogP) is 2.11. The van der Waals surface area contributed by atoms with Crippen molar-refractivity contribution in [2.45, 2.75) is 19.9 Å². The third kappa shape index (κ3) is 2.10. The molecular weight excluding hydrogens is 232 g/mol. The highest BCUT2D eigenvalue weighted by Crippen LogP contribution is 2.20. The van der Waals surface area contributed by atoms with Gasteiger partial charge in [0.25, 0.3) is 5.69 Å². The van der Waals surface area contributed by atoms with Gasteiger partial charge in [-0.1, -0.05) is 0 Å². The highest BCUT2D eigenvalue weighted by molar-refractivity contribution is 5.42. The normalized spacial score (nSPS) is 12.4. The molecule has 2 N–H and O–H groups in total. The fraction of sp³-hybridized carbons (Fsp3) is 0.250. The molecule has 6 heteroatoms. The molecule has 0 saturated carbocycles. The molecule has 6 nitrogen and oxygen atoms in total. The number of non-ortho nitro benzene ring substituents is 1. The van der Waals surface area contributed by atoms with Gasteiger partial charge < -0.3 is 5.73 Å². The zero-order valence-corrected chi connectivity index (χ0v) is 10.2. The van der Waals surface area contributed by atoms with Crippen LogP contribution < -0.4 is 5.73 Å². The molecule has 0 spiro atoms. The van der Waals surface area contributed by atoms with Crippen molar-refractivity contribution in [3.8, 4) is 5.69 Å². The Kier molecular flexibility index (Phi) is 3.12. The summed E-state index contributed by atoms with van der Waals surface area (Å²) >= 11 is 0. The summed E-state index contributed by atoms with van der Waals surface area (Å²) in [5.74, 6) is 0. The van der Waals surface area contributed by atoms with Gasteiger partial charge in [0.05, 0.1) is 16.8 Å². The summed E-state index contributed by atoms with van der Waals surface area (Å²) in [5, 5.41) is 14.8. The van der Waals surface area contributed by atoms with Gasteiger partial charge in [-0.2, -0.15) is 5.10 Å². The van der Waals surface area contributed by atoms with Crippen LogP contribution in [0.5, 0.6) is 0 Å². The van der Waals surface area contributed by atoms with E-state index in [9.17, 15) is 10.1 Å². The van der Waals surface area contributed by atoms with Crippen molar-refractivity contribution in [3.05, 3.63) is 51.8 Å². The van der Waals surface area contributed by atoms with Gasteiger partial charge >= 0.3 is 0 Å². The zero-order valence-electron chi connectivity index (χ0n) is 10.2. The summed E-state index contributed by atoms with van der Waals surface area (Å²) in [6.07, 6.45) is 1.72. The fourth-order valence-corrected chi connectivity index (χ4v) is 1.85. The molecule has 1 aromatic heterocycles. The van der Waals surface area contributed by atoms with Crippen LogP contribution in [0, 0.1) is 17.0 Å². The third-order valence-corrected chi connectivity index (χ3v) is 2.84. The standard InChI is InChI=1S/C12H14N4O2/c1-8(13)12-7-14-15(9(12)2)10-3-5-11(6-4-10)16(17)18/h3-8H,13H2,1-2H3. The lowest BCUT2D eigenvalue weighted by molar-refractivity contribution is -0.384. The highest BCUT2D eigenvalue weighted by Gasteiger charge is 2.12. The molecule has 0 aliphatic rings. The van der Waals surface area contributed by atoms with Crippen molar-refractivity contribution in [3.63, 3.8) is 0 Å². The average Bonchev–Trinajstić information content (AvgIpc) is 2.71. The number of nitro groups is 1. The lowest BCUT2D eigenvalue weighted by atomic mass is 10.1. The molecule has 1 heterocycles. The minimum atomic E-state index is -0.423. The van der Waals surface area contributed by atoms with Gasteiger partial charge in [0, 0.05) is 29.4 Å². The molecule has 0 fully saturated rings. The molecule has 0 aliphatic carbocycles. The Morgan fingerprint density at radius 3 is 2.44 bits per heavy atom. The van der Waals surface area contributed by atoms with Crippen molar-refractivity contribution < 1.29 is 4.92 Å². The van der Waals surface area contributed by atoms with Gasteiger partial charge in [0.15, 0.2) is 0 Å². The second-order valence-corrected chi connectivity index (χ2v) is 4.16. The Morgan fingerprint density at radius 1 is 1.39 bits per heavy atom. The Hall–Kier alpha value is -2.21. The summed E-state index contributed by atoms with van der Waals surface area (Å²) in [4.78, 5) is 10.2. The minimum Gasteiger partial charge on any atom is -0.324 e. The number of aromatic nitrogens is 2. The monoisotopic (exact) mass is 246 g/mol. The molecule has 2 aromatic rings. The Morgan fingerprint density at radius 2 is 2.00 bits per heavy atom. The summed E-state index contributed by atoms with van der Waals surface area (Å²) < 4.78 is 1.72. The number of benzene rings is 1. The molecule has 1 aromatic carbocycles. The molecule has 94 valence electrons. The molecule has 0 aliphatic heterocycles. The highest BCUT2D eigenvalue weighted by atomic mass is 16.6. The molecule has 2 rings (SSSR count). The van der Waals surface area contributed by atoms with Crippen LogP contribution in [0.3, 0.4) is 0 Å². The Bertz CT molecular complexity index is 572. The third-order valence-electron chi connectivity index (χ3n) is 2.84. The SMILES string of the molecule is Cc1c(C(C)N)cnn1-c1ccc([N+](=O)[O-])cc1. The van der Waals surface area contributed by atoms with E-state index in [2.05, 4.69) is 5.10 Å². The van der Waals surface area contributed by atoms with Crippen LogP contribution in [-0.2, 0) is 0 Å². The van der Waals surface area contributed by atoms with Crippen LogP contribution in [0.2, 0.25) is 0 Å². The van der Waals surface area contributed by atoms with Crippen LogP contribution >= 0.6 is 0 Å². The number of rotatable bonds is 3.